The predicted octanol–water partition coefficient (Wildman–Crippen LogP) is 7.16. The third kappa shape index (κ3) is 10.3. The Morgan fingerprint density at radius 3 is 1.59 bits per heavy atom. The average molecular weight is 636 g/mol. The number of nitriles is 1. The lowest BCUT2D eigenvalue weighted by Crippen LogP contribution is -2.11. The lowest BCUT2D eigenvalue weighted by molar-refractivity contribution is 0.392. The number of hydrogen-bond acceptors (Lipinski definition) is 3. The van der Waals surface area contributed by atoms with Crippen LogP contribution in [0.2, 0.25) is 0 Å². The molecule has 0 unspecified atom stereocenters. The minimum atomic E-state index is -0.489. The van der Waals surface area contributed by atoms with E-state index in [1.807, 2.05) is 25.1 Å². The molecule has 0 saturated heterocycles. The summed E-state index contributed by atoms with van der Waals surface area (Å²) in [6.45, 7) is 0.887. The molecule has 0 atom stereocenters. The zero-order valence-corrected chi connectivity index (χ0v) is 22.1. The van der Waals surface area contributed by atoms with Gasteiger partial charge in [-0.1, -0.05) is 59.9 Å². The van der Waals surface area contributed by atoms with Crippen molar-refractivity contribution in [1.82, 2.24) is 4.90 Å². The molecular weight excluding hydrogens is 615 g/mol. The highest BCUT2D eigenvalue weighted by Crippen LogP contribution is 2.16. The molecule has 2 N–H and O–H groups in total. The third-order valence-corrected chi connectivity index (χ3v) is 5.27. The van der Waals surface area contributed by atoms with Gasteiger partial charge in [0.15, 0.2) is 0 Å². The molecule has 0 radical (unpaired) electrons. The highest BCUT2D eigenvalue weighted by Gasteiger charge is 2.03. The monoisotopic (exact) mass is 633 g/mol. The summed E-state index contributed by atoms with van der Waals surface area (Å²) in [5, 5.41) is 8.30. The van der Waals surface area contributed by atoms with Crippen molar-refractivity contribution in [2.75, 3.05) is 14.1 Å². The SMILES string of the molecule is CN(C)Cc1ccc(Br)cc1F.N#Cc1ccc(Br)cc1F.NCc1ccc(Br)cc1F. The van der Waals surface area contributed by atoms with Crippen LogP contribution >= 0.6 is 47.8 Å². The molecule has 3 aromatic carbocycles. The van der Waals surface area contributed by atoms with Gasteiger partial charge in [-0.05, 0) is 56.6 Å². The zero-order chi connectivity index (χ0) is 24.3. The highest BCUT2D eigenvalue weighted by atomic mass is 79.9. The number of rotatable bonds is 3. The first kappa shape index (κ1) is 28.3. The first-order chi connectivity index (χ1) is 15.1. The van der Waals surface area contributed by atoms with Gasteiger partial charge in [-0.2, -0.15) is 5.26 Å². The Labute approximate surface area is 211 Å². The Balaban J connectivity index is 0.000000241. The van der Waals surface area contributed by atoms with Gasteiger partial charge in [0.2, 0.25) is 0 Å². The summed E-state index contributed by atoms with van der Waals surface area (Å²) >= 11 is 9.43. The molecule has 32 heavy (non-hydrogen) atoms. The number of hydrogen-bond donors (Lipinski definition) is 1. The van der Waals surface area contributed by atoms with Crippen molar-refractivity contribution in [2.24, 2.45) is 5.73 Å². The number of benzene rings is 3. The van der Waals surface area contributed by atoms with E-state index in [-0.39, 0.29) is 23.7 Å². The summed E-state index contributed by atoms with van der Waals surface area (Å²) in [4.78, 5) is 1.94. The van der Waals surface area contributed by atoms with Crippen molar-refractivity contribution in [3.63, 3.8) is 0 Å². The van der Waals surface area contributed by atoms with E-state index in [0.29, 0.717) is 16.6 Å². The van der Waals surface area contributed by atoms with Crippen LogP contribution in [0.5, 0.6) is 0 Å². The van der Waals surface area contributed by atoms with E-state index in [0.717, 1.165) is 14.5 Å². The normalized spacial score (nSPS) is 9.91. The molecule has 0 amide bonds. The third-order valence-electron chi connectivity index (χ3n) is 3.79. The van der Waals surface area contributed by atoms with Crippen LogP contribution < -0.4 is 5.73 Å². The van der Waals surface area contributed by atoms with Gasteiger partial charge in [-0.25, -0.2) is 13.2 Å². The molecule has 0 aliphatic carbocycles. The van der Waals surface area contributed by atoms with Crippen molar-refractivity contribution in [2.45, 2.75) is 13.1 Å². The topological polar surface area (TPSA) is 53.0 Å². The van der Waals surface area contributed by atoms with Gasteiger partial charge in [0.25, 0.3) is 0 Å². The molecule has 0 aliphatic rings. The van der Waals surface area contributed by atoms with E-state index in [1.165, 1.54) is 24.3 Å². The Morgan fingerprint density at radius 1 is 0.781 bits per heavy atom. The minimum Gasteiger partial charge on any atom is -0.326 e. The van der Waals surface area contributed by atoms with E-state index in [9.17, 15) is 13.2 Å². The molecule has 3 nitrogen and oxygen atoms in total. The standard InChI is InChI=1S/C9H11BrFN.C7H7BrFN.C7H3BrFN/c1-12(2)6-7-3-4-8(10)5-9(7)11;2*8-6-2-1-5(4-10)7(9)3-6/h3-5H,6H2,1-2H3;1-3H,4,10H2;1-3H. The number of nitrogens with two attached hydrogens (primary N) is 1. The fourth-order valence-corrected chi connectivity index (χ4v) is 3.26. The molecule has 9 heteroatoms. The predicted molar refractivity (Wildman–Crippen MR) is 132 cm³/mol. The van der Waals surface area contributed by atoms with Crippen molar-refractivity contribution in [1.29, 1.82) is 5.26 Å². The van der Waals surface area contributed by atoms with Gasteiger partial charge in [0.1, 0.15) is 23.5 Å². The maximum absolute atomic E-state index is 13.2. The molecule has 0 aromatic heterocycles. The van der Waals surface area contributed by atoms with Crippen LogP contribution in [0.4, 0.5) is 13.2 Å². The zero-order valence-electron chi connectivity index (χ0n) is 17.3. The van der Waals surface area contributed by atoms with Crippen molar-refractivity contribution < 1.29 is 13.2 Å². The van der Waals surface area contributed by atoms with Gasteiger partial charge < -0.3 is 10.6 Å². The van der Waals surface area contributed by atoms with Crippen molar-refractivity contribution in [3.8, 4) is 6.07 Å². The summed E-state index contributed by atoms with van der Waals surface area (Å²) in [5.74, 6) is -0.896. The van der Waals surface area contributed by atoms with Gasteiger partial charge >= 0.3 is 0 Å². The van der Waals surface area contributed by atoms with E-state index in [4.69, 9.17) is 11.0 Å². The summed E-state index contributed by atoms with van der Waals surface area (Å²) in [6.07, 6.45) is 0. The van der Waals surface area contributed by atoms with Crippen LogP contribution in [0.1, 0.15) is 16.7 Å². The van der Waals surface area contributed by atoms with Crippen LogP contribution in [0.25, 0.3) is 0 Å². The molecule has 0 heterocycles. The Morgan fingerprint density at radius 2 is 1.22 bits per heavy atom. The van der Waals surface area contributed by atoms with E-state index in [1.54, 1.807) is 30.3 Å². The number of nitrogens with zero attached hydrogens (tertiary/aromatic N) is 2. The maximum atomic E-state index is 13.2. The lowest BCUT2D eigenvalue weighted by Gasteiger charge is -2.10. The van der Waals surface area contributed by atoms with E-state index >= 15 is 0 Å². The Hall–Kier alpha value is -1.70. The maximum Gasteiger partial charge on any atom is 0.142 e. The van der Waals surface area contributed by atoms with Gasteiger partial charge in [-0.3, -0.25) is 0 Å². The first-order valence-electron chi connectivity index (χ1n) is 9.15. The average Bonchev–Trinajstić information content (AvgIpc) is 2.71. The summed E-state index contributed by atoms with van der Waals surface area (Å²) in [7, 11) is 3.84. The second-order valence-electron chi connectivity index (χ2n) is 6.65. The van der Waals surface area contributed by atoms with Gasteiger partial charge in [0.05, 0.1) is 5.56 Å². The van der Waals surface area contributed by atoms with Crippen LogP contribution in [-0.2, 0) is 13.1 Å². The largest absolute Gasteiger partial charge is 0.326 e. The van der Waals surface area contributed by atoms with E-state index < -0.39 is 5.82 Å². The molecular formula is C23H21Br3F3N3. The van der Waals surface area contributed by atoms with Gasteiger partial charge in [-0.15, -0.1) is 0 Å². The lowest BCUT2D eigenvalue weighted by atomic mass is 10.2. The molecule has 0 fully saturated rings. The highest BCUT2D eigenvalue weighted by molar-refractivity contribution is 9.11. The number of halogens is 6. The fraction of sp³-hybridized carbons (Fsp3) is 0.174. The van der Waals surface area contributed by atoms with Crippen LogP contribution in [-0.4, -0.2) is 19.0 Å². The Kier molecular flexibility index (Phi) is 12.8. The molecule has 3 rings (SSSR count). The molecule has 3 aromatic rings. The molecule has 0 bridgehead atoms. The summed E-state index contributed by atoms with van der Waals surface area (Å²) in [6, 6.07) is 16.0. The molecule has 170 valence electrons. The summed E-state index contributed by atoms with van der Waals surface area (Å²) in [5.41, 5.74) is 6.59. The van der Waals surface area contributed by atoms with Crippen molar-refractivity contribution >= 4 is 47.8 Å². The molecule has 0 saturated carbocycles. The molecule has 0 spiro atoms. The smallest absolute Gasteiger partial charge is 0.142 e. The first-order valence-corrected chi connectivity index (χ1v) is 11.5. The minimum absolute atomic E-state index is 0.0724. The quantitative estimate of drug-likeness (QED) is 0.332. The van der Waals surface area contributed by atoms with Crippen LogP contribution in [0, 0.1) is 28.8 Å². The Bertz CT molecular complexity index is 1070. The summed E-state index contributed by atoms with van der Waals surface area (Å²) < 4.78 is 40.7. The second kappa shape index (κ2) is 14.4. The molecule has 0 aliphatic heterocycles. The van der Waals surface area contributed by atoms with Gasteiger partial charge in [0, 0.05) is 37.6 Å². The second-order valence-corrected chi connectivity index (χ2v) is 9.40. The van der Waals surface area contributed by atoms with Crippen LogP contribution in [0.15, 0.2) is 68.0 Å². The van der Waals surface area contributed by atoms with Crippen LogP contribution in [0.3, 0.4) is 0 Å². The fourth-order valence-electron chi connectivity index (χ4n) is 2.26. The van der Waals surface area contributed by atoms with Crippen molar-refractivity contribution in [3.05, 3.63) is 102 Å². The van der Waals surface area contributed by atoms with E-state index in [2.05, 4.69) is 47.8 Å².